The molecule has 1 heterocycles. The molecule has 1 aliphatic rings. The predicted molar refractivity (Wildman–Crippen MR) is 75.3 cm³/mol. The lowest BCUT2D eigenvalue weighted by Crippen LogP contribution is -2.45. The molecule has 2 rings (SSSR count). The number of likely N-dealkylation sites (N-methyl/N-ethyl adjacent to an activating group) is 1. The van der Waals surface area contributed by atoms with Crippen molar-refractivity contribution in [1.29, 1.82) is 0 Å². The topological polar surface area (TPSA) is 15.7 Å². The highest BCUT2D eigenvalue weighted by atomic mass is 16.5. The average Bonchev–Trinajstić information content (AvgIpc) is 2.36. The molecule has 0 saturated carbocycles. The number of hydrogen-bond acceptors (Lipinski definition) is 3. The van der Waals surface area contributed by atoms with Gasteiger partial charge < -0.3 is 9.64 Å². The molecule has 3 heteroatoms. The third-order valence-electron chi connectivity index (χ3n) is 3.75. The number of hydrogen-bond donors (Lipinski definition) is 0. The summed E-state index contributed by atoms with van der Waals surface area (Å²) in [7, 11) is 2.18. The lowest BCUT2D eigenvalue weighted by atomic mass is 10.1. The van der Waals surface area contributed by atoms with E-state index in [9.17, 15) is 0 Å². The zero-order valence-corrected chi connectivity index (χ0v) is 11.8. The summed E-state index contributed by atoms with van der Waals surface area (Å²) in [5.74, 6) is 0.993. The molecule has 1 aromatic carbocycles. The predicted octanol–water partition coefficient (Wildman–Crippen LogP) is 1.93. The molecule has 3 nitrogen and oxygen atoms in total. The van der Waals surface area contributed by atoms with E-state index < -0.39 is 0 Å². The lowest BCUT2D eigenvalue weighted by Gasteiger charge is -2.32. The molecule has 0 aliphatic carbocycles. The summed E-state index contributed by atoms with van der Waals surface area (Å²) < 4.78 is 5.82. The van der Waals surface area contributed by atoms with E-state index in [1.54, 1.807) is 0 Å². The average molecular weight is 248 g/mol. The van der Waals surface area contributed by atoms with Crippen LogP contribution < -0.4 is 4.74 Å². The van der Waals surface area contributed by atoms with Gasteiger partial charge in [-0.3, -0.25) is 4.90 Å². The van der Waals surface area contributed by atoms with Crippen LogP contribution in [0.3, 0.4) is 0 Å². The highest BCUT2D eigenvalue weighted by Gasteiger charge is 2.13. The van der Waals surface area contributed by atoms with Crippen LogP contribution in [-0.2, 0) is 0 Å². The maximum Gasteiger partial charge on any atom is 0.119 e. The van der Waals surface area contributed by atoms with Gasteiger partial charge in [-0.15, -0.1) is 0 Å². The van der Waals surface area contributed by atoms with E-state index in [4.69, 9.17) is 4.74 Å². The van der Waals surface area contributed by atoms with Gasteiger partial charge in [0.15, 0.2) is 0 Å². The van der Waals surface area contributed by atoms with Crippen molar-refractivity contribution in [2.45, 2.75) is 13.8 Å². The third-order valence-corrected chi connectivity index (χ3v) is 3.75. The van der Waals surface area contributed by atoms with Gasteiger partial charge in [0.05, 0.1) is 0 Å². The maximum atomic E-state index is 5.82. The SMILES string of the molecule is Cc1ccc(OCCN2CCN(C)CC2)cc1C. The molecular weight excluding hydrogens is 224 g/mol. The van der Waals surface area contributed by atoms with Gasteiger partial charge in [-0.25, -0.2) is 0 Å². The van der Waals surface area contributed by atoms with Crippen LogP contribution in [0.25, 0.3) is 0 Å². The Hall–Kier alpha value is -1.06. The Morgan fingerprint density at radius 1 is 1.06 bits per heavy atom. The number of piperazine rings is 1. The second-order valence-electron chi connectivity index (χ2n) is 5.24. The first-order valence-electron chi connectivity index (χ1n) is 6.76. The van der Waals surface area contributed by atoms with Crippen molar-refractivity contribution in [2.75, 3.05) is 46.4 Å². The molecule has 0 radical (unpaired) electrons. The number of rotatable bonds is 4. The standard InChI is InChI=1S/C15H24N2O/c1-13-4-5-15(12-14(13)2)18-11-10-17-8-6-16(3)7-9-17/h4-5,12H,6-11H2,1-3H3. The second kappa shape index (κ2) is 6.21. The van der Waals surface area contributed by atoms with Crippen LogP contribution in [0, 0.1) is 13.8 Å². The van der Waals surface area contributed by atoms with Crippen LogP contribution in [0.4, 0.5) is 0 Å². The summed E-state index contributed by atoms with van der Waals surface area (Å²) >= 11 is 0. The first kappa shape index (κ1) is 13.4. The fourth-order valence-electron chi connectivity index (χ4n) is 2.17. The Morgan fingerprint density at radius 2 is 1.78 bits per heavy atom. The van der Waals surface area contributed by atoms with Gasteiger partial charge in [0.2, 0.25) is 0 Å². The summed E-state index contributed by atoms with van der Waals surface area (Å²) in [4.78, 5) is 4.85. The van der Waals surface area contributed by atoms with Crippen LogP contribution in [0.5, 0.6) is 5.75 Å². The fraction of sp³-hybridized carbons (Fsp3) is 0.600. The van der Waals surface area contributed by atoms with Crippen LogP contribution in [-0.4, -0.2) is 56.2 Å². The fourth-order valence-corrected chi connectivity index (χ4v) is 2.17. The van der Waals surface area contributed by atoms with Crippen molar-refractivity contribution < 1.29 is 4.74 Å². The minimum Gasteiger partial charge on any atom is -0.492 e. The van der Waals surface area contributed by atoms with E-state index in [-0.39, 0.29) is 0 Å². The molecule has 0 aromatic heterocycles. The van der Waals surface area contributed by atoms with Gasteiger partial charge in [0.1, 0.15) is 12.4 Å². The third kappa shape index (κ3) is 3.72. The largest absolute Gasteiger partial charge is 0.492 e. The minimum atomic E-state index is 0.784. The van der Waals surface area contributed by atoms with Crippen LogP contribution in [0.1, 0.15) is 11.1 Å². The summed E-state index contributed by atoms with van der Waals surface area (Å²) in [5, 5.41) is 0. The monoisotopic (exact) mass is 248 g/mol. The van der Waals surface area contributed by atoms with Crippen LogP contribution in [0.2, 0.25) is 0 Å². The van der Waals surface area contributed by atoms with Crippen molar-refractivity contribution >= 4 is 0 Å². The molecule has 0 bridgehead atoms. The lowest BCUT2D eigenvalue weighted by molar-refractivity contribution is 0.133. The molecule has 0 atom stereocenters. The van der Waals surface area contributed by atoms with Crippen LogP contribution in [0.15, 0.2) is 18.2 Å². The van der Waals surface area contributed by atoms with E-state index in [1.165, 1.54) is 24.2 Å². The molecule has 100 valence electrons. The maximum absolute atomic E-state index is 5.82. The van der Waals surface area contributed by atoms with E-state index in [0.717, 1.165) is 32.0 Å². The van der Waals surface area contributed by atoms with Gasteiger partial charge in [0, 0.05) is 32.7 Å². The molecule has 1 aromatic rings. The first-order valence-corrected chi connectivity index (χ1v) is 6.76. The van der Waals surface area contributed by atoms with Gasteiger partial charge in [-0.1, -0.05) is 6.07 Å². The molecule has 0 amide bonds. The van der Waals surface area contributed by atoms with E-state index in [0.29, 0.717) is 0 Å². The van der Waals surface area contributed by atoms with E-state index >= 15 is 0 Å². The van der Waals surface area contributed by atoms with Crippen molar-refractivity contribution in [3.8, 4) is 5.75 Å². The quantitative estimate of drug-likeness (QED) is 0.810. The molecule has 0 unspecified atom stereocenters. The van der Waals surface area contributed by atoms with Crippen molar-refractivity contribution in [2.24, 2.45) is 0 Å². The Kier molecular flexibility index (Phi) is 4.61. The minimum absolute atomic E-state index is 0.784. The van der Waals surface area contributed by atoms with Gasteiger partial charge in [0.25, 0.3) is 0 Å². The summed E-state index contributed by atoms with van der Waals surface area (Å²) in [6.07, 6.45) is 0. The summed E-state index contributed by atoms with van der Waals surface area (Å²) in [5.41, 5.74) is 2.62. The Balaban J connectivity index is 1.73. The van der Waals surface area contributed by atoms with Crippen LogP contribution >= 0.6 is 0 Å². The molecule has 0 spiro atoms. The second-order valence-corrected chi connectivity index (χ2v) is 5.24. The zero-order valence-electron chi connectivity index (χ0n) is 11.8. The summed E-state index contributed by atoms with van der Waals surface area (Å²) in [6.45, 7) is 10.7. The normalized spacial score (nSPS) is 17.9. The number of aryl methyl sites for hydroxylation is 2. The van der Waals surface area contributed by atoms with E-state index in [2.05, 4.69) is 48.9 Å². The molecular formula is C15H24N2O. The highest BCUT2D eigenvalue weighted by molar-refractivity contribution is 5.33. The molecule has 1 aliphatic heterocycles. The van der Waals surface area contributed by atoms with Gasteiger partial charge in [-0.05, 0) is 44.2 Å². The molecule has 18 heavy (non-hydrogen) atoms. The molecule has 1 saturated heterocycles. The first-order chi connectivity index (χ1) is 8.65. The van der Waals surface area contributed by atoms with E-state index in [1.807, 2.05) is 0 Å². The molecule has 1 fully saturated rings. The highest BCUT2D eigenvalue weighted by Crippen LogP contribution is 2.16. The van der Waals surface area contributed by atoms with Gasteiger partial charge >= 0.3 is 0 Å². The smallest absolute Gasteiger partial charge is 0.119 e. The number of benzene rings is 1. The Morgan fingerprint density at radius 3 is 2.44 bits per heavy atom. The van der Waals surface area contributed by atoms with Crippen molar-refractivity contribution in [3.63, 3.8) is 0 Å². The van der Waals surface area contributed by atoms with Crippen molar-refractivity contribution in [3.05, 3.63) is 29.3 Å². The van der Waals surface area contributed by atoms with Crippen molar-refractivity contribution in [1.82, 2.24) is 9.80 Å². The summed E-state index contributed by atoms with van der Waals surface area (Å²) in [6, 6.07) is 6.31. The number of ether oxygens (including phenoxy) is 1. The molecule has 0 N–H and O–H groups in total. The Labute approximate surface area is 110 Å². The zero-order chi connectivity index (χ0) is 13.0. The van der Waals surface area contributed by atoms with Gasteiger partial charge in [-0.2, -0.15) is 0 Å². The number of nitrogens with zero attached hydrogens (tertiary/aromatic N) is 2. The Bertz CT molecular complexity index is 384.